The zero-order valence-corrected chi connectivity index (χ0v) is 14.6. The number of carbonyl (C=O) groups is 2. The molecule has 0 aliphatic carbocycles. The predicted octanol–water partition coefficient (Wildman–Crippen LogP) is 1.34. The molecule has 26 heavy (non-hydrogen) atoms. The molecule has 0 saturated heterocycles. The first-order chi connectivity index (χ1) is 12.5. The Hall–Kier alpha value is -3.42. The molecule has 0 aliphatic rings. The van der Waals surface area contributed by atoms with E-state index in [4.69, 9.17) is 0 Å². The number of rotatable bonds is 6. The van der Waals surface area contributed by atoms with E-state index in [9.17, 15) is 9.59 Å². The topological polar surface area (TPSA) is 93.8 Å². The van der Waals surface area contributed by atoms with Gasteiger partial charge in [0.15, 0.2) is 5.82 Å². The molecule has 0 aliphatic heterocycles. The van der Waals surface area contributed by atoms with Gasteiger partial charge in [-0.15, -0.1) is 0 Å². The van der Waals surface area contributed by atoms with Crippen LogP contribution in [-0.4, -0.2) is 37.9 Å². The van der Waals surface area contributed by atoms with E-state index in [1.54, 1.807) is 37.0 Å². The second kappa shape index (κ2) is 7.64. The summed E-state index contributed by atoms with van der Waals surface area (Å²) in [5, 5.41) is 13.7. The van der Waals surface area contributed by atoms with Gasteiger partial charge < -0.3 is 10.6 Å². The van der Waals surface area contributed by atoms with Crippen LogP contribution in [-0.2, 0) is 18.4 Å². The lowest BCUT2D eigenvalue weighted by Gasteiger charge is -2.05. The van der Waals surface area contributed by atoms with Gasteiger partial charge >= 0.3 is 0 Å². The van der Waals surface area contributed by atoms with Crippen molar-refractivity contribution < 1.29 is 9.59 Å². The number of benzene rings is 1. The third kappa shape index (κ3) is 4.35. The standard InChI is InChI=1S/C18H20N6O2/c1-13-10-15(23(2)21-13)18(26)19-11-17(25)20-16-8-9-24(22-16)12-14-6-4-3-5-7-14/h3-10H,11-12H2,1-2H3,(H,19,26)(H,20,22,25). The van der Waals surface area contributed by atoms with E-state index < -0.39 is 0 Å². The van der Waals surface area contributed by atoms with Gasteiger partial charge in [-0.3, -0.25) is 19.0 Å². The van der Waals surface area contributed by atoms with Crippen LogP contribution in [0.25, 0.3) is 0 Å². The van der Waals surface area contributed by atoms with Crippen molar-refractivity contribution in [1.29, 1.82) is 0 Å². The van der Waals surface area contributed by atoms with Crippen molar-refractivity contribution >= 4 is 17.6 Å². The lowest BCUT2D eigenvalue weighted by molar-refractivity contribution is -0.115. The summed E-state index contributed by atoms with van der Waals surface area (Å²) in [6.07, 6.45) is 1.79. The fraction of sp³-hybridized carbons (Fsp3) is 0.222. The van der Waals surface area contributed by atoms with Crippen LogP contribution in [0.3, 0.4) is 0 Å². The van der Waals surface area contributed by atoms with Crippen LogP contribution >= 0.6 is 0 Å². The second-order valence-corrected chi connectivity index (χ2v) is 5.91. The Labute approximate surface area is 150 Å². The van der Waals surface area contributed by atoms with Gasteiger partial charge in [0, 0.05) is 19.3 Å². The summed E-state index contributed by atoms with van der Waals surface area (Å²) in [6.45, 7) is 2.27. The molecular formula is C18H20N6O2. The van der Waals surface area contributed by atoms with Crippen molar-refractivity contribution in [3.05, 3.63) is 65.6 Å². The maximum atomic E-state index is 12.1. The molecular weight excluding hydrogens is 332 g/mol. The number of hydrogen-bond acceptors (Lipinski definition) is 4. The first kappa shape index (κ1) is 17.4. The number of carbonyl (C=O) groups excluding carboxylic acids is 2. The summed E-state index contributed by atoms with van der Waals surface area (Å²) < 4.78 is 3.22. The van der Waals surface area contributed by atoms with Crippen molar-refractivity contribution in [2.24, 2.45) is 7.05 Å². The minimum absolute atomic E-state index is 0.144. The smallest absolute Gasteiger partial charge is 0.269 e. The van der Waals surface area contributed by atoms with Crippen LogP contribution in [0.4, 0.5) is 5.82 Å². The SMILES string of the molecule is Cc1cc(C(=O)NCC(=O)Nc2ccn(Cc3ccccc3)n2)n(C)n1. The normalized spacial score (nSPS) is 10.5. The maximum absolute atomic E-state index is 12.1. The Bertz CT molecular complexity index is 913. The summed E-state index contributed by atoms with van der Waals surface area (Å²) in [6, 6.07) is 13.3. The van der Waals surface area contributed by atoms with Gasteiger partial charge in [0.2, 0.25) is 5.91 Å². The first-order valence-corrected chi connectivity index (χ1v) is 8.17. The molecule has 0 radical (unpaired) electrons. The molecule has 2 N–H and O–H groups in total. The molecule has 0 bridgehead atoms. The van der Waals surface area contributed by atoms with Crippen LogP contribution in [0, 0.1) is 6.92 Å². The largest absolute Gasteiger partial charge is 0.342 e. The summed E-state index contributed by atoms with van der Waals surface area (Å²) in [5.41, 5.74) is 2.26. The molecule has 2 heterocycles. The number of nitrogens with zero attached hydrogens (tertiary/aromatic N) is 4. The number of aryl methyl sites for hydroxylation is 2. The highest BCUT2D eigenvalue weighted by Crippen LogP contribution is 2.06. The Balaban J connectivity index is 1.51. The summed E-state index contributed by atoms with van der Waals surface area (Å²) in [7, 11) is 1.68. The highest BCUT2D eigenvalue weighted by atomic mass is 16.2. The molecule has 134 valence electrons. The molecule has 0 fully saturated rings. The number of aromatic nitrogens is 4. The van der Waals surface area contributed by atoms with Crippen LogP contribution in [0.5, 0.6) is 0 Å². The lowest BCUT2D eigenvalue weighted by atomic mass is 10.2. The Morgan fingerprint density at radius 1 is 1.12 bits per heavy atom. The fourth-order valence-electron chi connectivity index (χ4n) is 2.55. The van der Waals surface area contributed by atoms with Crippen LogP contribution in [0.15, 0.2) is 48.7 Å². The number of nitrogens with one attached hydrogen (secondary N) is 2. The summed E-state index contributed by atoms with van der Waals surface area (Å²) >= 11 is 0. The lowest BCUT2D eigenvalue weighted by Crippen LogP contribution is -2.33. The van der Waals surface area contributed by atoms with E-state index >= 15 is 0 Å². The number of anilines is 1. The highest BCUT2D eigenvalue weighted by Gasteiger charge is 2.13. The summed E-state index contributed by atoms with van der Waals surface area (Å²) in [4.78, 5) is 24.1. The predicted molar refractivity (Wildman–Crippen MR) is 96.7 cm³/mol. The molecule has 2 aromatic heterocycles. The monoisotopic (exact) mass is 352 g/mol. The van der Waals surface area contributed by atoms with E-state index in [2.05, 4.69) is 20.8 Å². The Morgan fingerprint density at radius 2 is 1.88 bits per heavy atom. The van der Waals surface area contributed by atoms with Gasteiger partial charge in [0.25, 0.3) is 5.91 Å². The molecule has 8 nitrogen and oxygen atoms in total. The average Bonchev–Trinajstić information content (AvgIpc) is 3.19. The van der Waals surface area contributed by atoms with Gasteiger partial charge in [-0.25, -0.2) is 0 Å². The van der Waals surface area contributed by atoms with E-state index in [0.717, 1.165) is 11.3 Å². The van der Waals surface area contributed by atoms with Crippen molar-refractivity contribution in [3.8, 4) is 0 Å². The molecule has 0 unspecified atom stereocenters. The molecule has 0 saturated carbocycles. The number of amides is 2. The van der Waals surface area contributed by atoms with Gasteiger partial charge in [0.1, 0.15) is 5.69 Å². The highest BCUT2D eigenvalue weighted by molar-refractivity contribution is 5.98. The van der Waals surface area contributed by atoms with Crippen LogP contribution in [0.1, 0.15) is 21.7 Å². The minimum atomic E-state index is -0.349. The van der Waals surface area contributed by atoms with Crippen molar-refractivity contribution in [2.75, 3.05) is 11.9 Å². The van der Waals surface area contributed by atoms with Gasteiger partial charge in [0.05, 0.1) is 18.8 Å². The second-order valence-electron chi connectivity index (χ2n) is 5.91. The van der Waals surface area contributed by atoms with E-state index in [1.807, 2.05) is 30.3 Å². The van der Waals surface area contributed by atoms with Crippen molar-refractivity contribution in [1.82, 2.24) is 24.9 Å². The van der Waals surface area contributed by atoms with E-state index in [0.29, 0.717) is 18.1 Å². The van der Waals surface area contributed by atoms with Crippen LogP contribution < -0.4 is 10.6 Å². The molecule has 0 spiro atoms. The quantitative estimate of drug-likeness (QED) is 0.700. The molecule has 1 aromatic carbocycles. The minimum Gasteiger partial charge on any atom is -0.342 e. The molecule has 3 aromatic rings. The summed E-state index contributed by atoms with van der Waals surface area (Å²) in [5.74, 6) is -0.253. The molecule has 3 rings (SSSR count). The Kier molecular flexibility index (Phi) is 5.12. The van der Waals surface area contributed by atoms with Gasteiger partial charge in [-0.2, -0.15) is 10.2 Å². The van der Waals surface area contributed by atoms with E-state index in [-0.39, 0.29) is 18.4 Å². The third-order valence-electron chi connectivity index (χ3n) is 3.74. The Morgan fingerprint density at radius 3 is 2.58 bits per heavy atom. The van der Waals surface area contributed by atoms with Gasteiger partial charge in [-0.05, 0) is 18.6 Å². The molecule has 8 heteroatoms. The van der Waals surface area contributed by atoms with E-state index in [1.165, 1.54) is 4.68 Å². The first-order valence-electron chi connectivity index (χ1n) is 8.17. The molecule has 2 amide bonds. The number of hydrogen-bond donors (Lipinski definition) is 2. The maximum Gasteiger partial charge on any atom is 0.269 e. The van der Waals surface area contributed by atoms with Crippen molar-refractivity contribution in [3.63, 3.8) is 0 Å². The fourth-order valence-corrected chi connectivity index (χ4v) is 2.55. The van der Waals surface area contributed by atoms with Crippen molar-refractivity contribution in [2.45, 2.75) is 13.5 Å². The molecule has 0 atom stereocenters. The zero-order chi connectivity index (χ0) is 18.5. The van der Waals surface area contributed by atoms with Crippen LogP contribution in [0.2, 0.25) is 0 Å². The van der Waals surface area contributed by atoms with Gasteiger partial charge in [-0.1, -0.05) is 30.3 Å². The average molecular weight is 352 g/mol. The third-order valence-corrected chi connectivity index (χ3v) is 3.74. The zero-order valence-electron chi connectivity index (χ0n) is 14.6.